The molecule has 0 unspecified atom stereocenters. The molecule has 0 N–H and O–H groups in total. The molecule has 44 valence electrons. The van der Waals surface area contributed by atoms with Crippen LogP contribution in [-0.2, 0) is 0 Å². The van der Waals surface area contributed by atoms with Crippen LogP contribution >= 0.6 is 18.6 Å². The van der Waals surface area contributed by atoms with Crippen molar-refractivity contribution in [1.82, 2.24) is 0 Å². The van der Waals surface area contributed by atoms with E-state index < -0.39 is 0 Å². The van der Waals surface area contributed by atoms with E-state index in [2.05, 4.69) is 45.9 Å². The van der Waals surface area contributed by atoms with E-state index in [0.29, 0.717) is 0 Å². The van der Waals surface area contributed by atoms with Crippen molar-refractivity contribution >= 4 is 18.6 Å². The van der Waals surface area contributed by atoms with Gasteiger partial charge in [0, 0.05) is 0 Å². The number of aromatic nitrogens is 1. The quantitative estimate of drug-likeness (QED) is 0.533. The van der Waals surface area contributed by atoms with Gasteiger partial charge in [0.1, 0.15) is 0 Å². The minimum atomic E-state index is 0.196. The number of hydrogen-bond acceptors (Lipinski definition) is 0. The third-order valence-corrected chi connectivity index (χ3v) is 4.64. The van der Waals surface area contributed by atoms with Crippen LogP contribution in [0.4, 0.5) is 0 Å². The summed E-state index contributed by atoms with van der Waals surface area (Å²) in [6, 6.07) is 6.14. The number of rotatable bonds is 1. The van der Waals surface area contributed by atoms with Gasteiger partial charge in [0.05, 0.1) is 0 Å². The Labute approximate surface area is 68.9 Å². The fourth-order valence-corrected chi connectivity index (χ4v) is 2.67. The Hall–Kier alpha value is 0.610. The molecule has 8 heavy (non-hydrogen) atoms. The fourth-order valence-electron chi connectivity index (χ4n) is 0.420. The molecule has 1 heterocycles. The average molecular weight is 333 g/mol. The van der Waals surface area contributed by atoms with Gasteiger partial charge in [0.25, 0.3) is 0 Å². The molecular formula is C5H5I2N. The third kappa shape index (κ3) is 1.85. The Morgan fingerprint density at radius 1 is 1.12 bits per heavy atom. The summed E-state index contributed by atoms with van der Waals surface area (Å²) in [5.41, 5.74) is 0. The second kappa shape index (κ2) is 3.60. The summed E-state index contributed by atoms with van der Waals surface area (Å²) >= 11 is 2.62. The van der Waals surface area contributed by atoms with Crippen LogP contribution in [0, 0.1) is 0 Å². The van der Waals surface area contributed by atoms with Crippen LogP contribution in [0.3, 0.4) is 0 Å². The molecule has 1 nitrogen and oxygen atoms in total. The Morgan fingerprint density at radius 3 is 2.12 bits per heavy atom. The fraction of sp³-hybridized carbons (Fsp3) is 0. The van der Waals surface area contributed by atoms with Crippen molar-refractivity contribution in [2.75, 3.05) is 0 Å². The molecule has 0 amide bonds. The van der Waals surface area contributed by atoms with Crippen molar-refractivity contribution in [2.24, 2.45) is 0 Å². The van der Waals surface area contributed by atoms with E-state index >= 15 is 0 Å². The summed E-state index contributed by atoms with van der Waals surface area (Å²) in [5, 5.41) is 0. The number of pyridine rings is 1. The van der Waals surface area contributed by atoms with Crippen LogP contribution in [0.15, 0.2) is 30.6 Å². The SMILES string of the molecule is I[I-][n+]1ccccc1. The van der Waals surface area contributed by atoms with Crippen LogP contribution in [-0.4, -0.2) is 0 Å². The van der Waals surface area contributed by atoms with Gasteiger partial charge >= 0.3 is 69.5 Å². The van der Waals surface area contributed by atoms with Crippen molar-refractivity contribution in [3.05, 3.63) is 30.6 Å². The van der Waals surface area contributed by atoms with Crippen molar-refractivity contribution in [1.29, 1.82) is 0 Å². The van der Waals surface area contributed by atoms with Crippen LogP contribution in [0.1, 0.15) is 0 Å². The van der Waals surface area contributed by atoms with Crippen molar-refractivity contribution in [2.45, 2.75) is 0 Å². The summed E-state index contributed by atoms with van der Waals surface area (Å²) in [4.78, 5) is 0. The first-order chi connectivity index (χ1) is 3.93. The van der Waals surface area contributed by atoms with Gasteiger partial charge in [-0.1, -0.05) is 0 Å². The Kier molecular flexibility index (Phi) is 3.03. The van der Waals surface area contributed by atoms with Crippen LogP contribution in [0.2, 0.25) is 0 Å². The van der Waals surface area contributed by atoms with E-state index in [1.807, 2.05) is 6.07 Å². The molecule has 0 aliphatic carbocycles. The average Bonchev–Trinajstić information content (AvgIpc) is 1.90. The minimum absolute atomic E-state index is 0.196. The second-order valence-electron chi connectivity index (χ2n) is 1.28. The summed E-state index contributed by atoms with van der Waals surface area (Å²) in [7, 11) is 0. The number of halogens is 2. The van der Waals surface area contributed by atoms with Gasteiger partial charge in [-0.05, 0) is 0 Å². The standard InChI is InChI=1S/C5H5I2N/c6-7-8-4-2-1-3-5-8/h1-5H. The molecule has 1 aromatic rings. The Bertz CT molecular complexity index is 152. The molecule has 0 bridgehead atoms. The molecule has 0 saturated carbocycles. The first-order valence-electron chi connectivity index (χ1n) is 2.16. The topological polar surface area (TPSA) is 3.88 Å². The van der Waals surface area contributed by atoms with Crippen molar-refractivity contribution < 1.29 is 20.3 Å². The van der Waals surface area contributed by atoms with E-state index in [4.69, 9.17) is 0 Å². The van der Waals surface area contributed by atoms with Gasteiger partial charge in [0.15, 0.2) is 0 Å². The van der Waals surface area contributed by atoms with Gasteiger partial charge in [-0.15, -0.1) is 0 Å². The molecule has 0 fully saturated rings. The maximum absolute atomic E-state index is 2.43. The van der Waals surface area contributed by atoms with Crippen molar-refractivity contribution in [3.8, 4) is 0 Å². The molecule has 0 spiro atoms. The van der Waals surface area contributed by atoms with Crippen LogP contribution in [0.5, 0.6) is 0 Å². The normalized spacial score (nSPS) is 9.62. The number of hydrogen-bond donors (Lipinski definition) is 0. The first-order valence-corrected chi connectivity index (χ1v) is 9.41. The summed E-state index contributed by atoms with van der Waals surface area (Å²) in [5.74, 6) is 0. The van der Waals surface area contributed by atoms with E-state index in [9.17, 15) is 0 Å². The first kappa shape index (κ1) is 6.73. The predicted octanol–water partition coefficient (Wildman–Crippen LogP) is -1.82. The molecular weight excluding hydrogens is 328 g/mol. The van der Waals surface area contributed by atoms with Crippen LogP contribution < -0.4 is 20.3 Å². The molecule has 3 heteroatoms. The molecule has 0 saturated heterocycles. The van der Waals surface area contributed by atoms with Gasteiger partial charge in [-0.25, -0.2) is 0 Å². The van der Waals surface area contributed by atoms with Gasteiger partial charge in [0.2, 0.25) is 0 Å². The van der Waals surface area contributed by atoms with E-state index in [1.54, 1.807) is 0 Å². The number of nitrogens with zero attached hydrogens (tertiary/aromatic N) is 1. The molecule has 0 aromatic carbocycles. The molecule has 0 radical (unpaired) electrons. The van der Waals surface area contributed by atoms with E-state index in [1.165, 1.54) is 0 Å². The summed E-state index contributed by atoms with van der Waals surface area (Å²) in [6.07, 6.45) is 4.19. The molecule has 0 aliphatic rings. The Morgan fingerprint density at radius 2 is 1.75 bits per heavy atom. The molecule has 1 aromatic heterocycles. The van der Waals surface area contributed by atoms with Crippen LogP contribution in [0.25, 0.3) is 0 Å². The molecule has 1 rings (SSSR count). The summed E-state index contributed by atoms with van der Waals surface area (Å²) < 4.78 is 2.22. The predicted molar refractivity (Wildman–Crippen MR) is 36.1 cm³/mol. The van der Waals surface area contributed by atoms with Gasteiger partial charge in [-0.2, -0.15) is 0 Å². The zero-order valence-electron chi connectivity index (χ0n) is 4.09. The van der Waals surface area contributed by atoms with E-state index in [-0.39, 0.29) is 17.5 Å². The van der Waals surface area contributed by atoms with Gasteiger partial charge < -0.3 is 0 Å². The third-order valence-electron chi connectivity index (χ3n) is 0.753. The Balaban J connectivity index is 2.83. The molecule has 0 atom stereocenters. The maximum atomic E-state index is 2.43. The second-order valence-corrected chi connectivity index (χ2v) is 5.21. The molecule has 0 aliphatic heterocycles. The van der Waals surface area contributed by atoms with E-state index in [0.717, 1.165) is 0 Å². The summed E-state index contributed by atoms with van der Waals surface area (Å²) in [6.45, 7) is 0. The van der Waals surface area contributed by atoms with Crippen molar-refractivity contribution in [3.63, 3.8) is 0 Å². The zero-order valence-corrected chi connectivity index (χ0v) is 8.40. The monoisotopic (exact) mass is 333 g/mol. The van der Waals surface area contributed by atoms with Gasteiger partial charge in [-0.3, -0.25) is 0 Å². The zero-order chi connectivity index (χ0) is 5.82.